The quantitative estimate of drug-likeness (QED) is 0.375. The molecule has 0 atom stereocenters. The topological polar surface area (TPSA) is 66.4 Å². The zero-order valence-electron chi connectivity index (χ0n) is 14.9. The van der Waals surface area contributed by atoms with Gasteiger partial charge in [-0.05, 0) is 42.7 Å². The number of hydrogen-bond donors (Lipinski definition) is 0. The number of para-hydroxylation sites is 1. The Morgan fingerprint density at radius 2 is 1.60 bits per heavy atom. The second kappa shape index (κ2) is 11.5. The van der Waals surface area contributed by atoms with Gasteiger partial charge in [-0.2, -0.15) is 0 Å². The van der Waals surface area contributed by atoms with Crippen molar-refractivity contribution in [1.82, 2.24) is 0 Å². The Bertz CT molecular complexity index is 745. The van der Waals surface area contributed by atoms with Gasteiger partial charge in [-0.25, -0.2) is 8.42 Å². The van der Waals surface area contributed by atoms with Crippen LogP contribution < -0.4 is 56.1 Å². The number of unbranched alkanes of at least 4 members (excludes halogenated alkanes) is 4. The summed E-state index contributed by atoms with van der Waals surface area (Å²) in [5.41, 5.74) is 0.571. The summed E-state index contributed by atoms with van der Waals surface area (Å²) in [5.74, 6) is 0.949. The van der Waals surface area contributed by atoms with E-state index in [-0.39, 0.29) is 56.3 Å². The fourth-order valence-corrected chi connectivity index (χ4v) is 3.33. The van der Waals surface area contributed by atoms with E-state index in [1.807, 2.05) is 18.2 Å². The molecule has 2 rings (SSSR count). The molecule has 0 fully saturated rings. The summed E-state index contributed by atoms with van der Waals surface area (Å²) < 4.78 is 40.4. The van der Waals surface area contributed by atoms with Gasteiger partial charge in [-0.1, -0.05) is 56.9 Å². The van der Waals surface area contributed by atoms with Crippen LogP contribution in [0.3, 0.4) is 0 Å². The van der Waals surface area contributed by atoms with Gasteiger partial charge in [-0.15, -0.1) is 0 Å². The van der Waals surface area contributed by atoms with Crippen LogP contribution in [0.5, 0.6) is 11.5 Å². The van der Waals surface area contributed by atoms with E-state index >= 15 is 0 Å². The first-order valence-electron chi connectivity index (χ1n) is 8.32. The molecule has 0 aliphatic rings. The zero-order valence-corrected chi connectivity index (χ0v) is 18.8. The minimum atomic E-state index is -4.53. The molecule has 2 aromatic rings. The minimum absolute atomic E-state index is 0. The molecule has 0 bridgehead atoms. The Morgan fingerprint density at radius 1 is 0.920 bits per heavy atom. The fourth-order valence-electron chi connectivity index (χ4n) is 2.58. The number of ether oxygens (including phenoxy) is 1. The Kier molecular flexibility index (Phi) is 10.5. The van der Waals surface area contributed by atoms with Crippen molar-refractivity contribution < 1.29 is 69.1 Å². The fraction of sp³-hybridized carbons (Fsp3) is 0.368. The average molecular weight is 387 g/mol. The average Bonchev–Trinajstić information content (AvgIpc) is 2.56. The van der Waals surface area contributed by atoms with Crippen LogP contribution in [0.25, 0.3) is 0 Å². The third-order valence-electron chi connectivity index (χ3n) is 3.84. The first kappa shape index (κ1) is 22.8. The summed E-state index contributed by atoms with van der Waals surface area (Å²) in [6.07, 6.45) is 5.97. The van der Waals surface area contributed by atoms with Gasteiger partial charge in [0.05, 0.1) is 4.90 Å². The van der Waals surface area contributed by atoms with Crippen LogP contribution in [-0.4, -0.2) is 13.0 Å². The maximum atomic E-state index is 11.6. The van der Waals surface area contributed by atoms with E-state index in [0.717, 1.165) is 25.7 Å². The van der Waals surface area contributed by atoms with Crippen molar-refractivity contribution >= 4 is 10.1 Å². The first-order valence-corrected chi connectivity index (χ1v) is 9.73. The third-order valence-corrected chi connectivity index (χ3v) is 4.76. The zero-order chi connectivity index (χ0) is 17.4. The van der Waals surface area contributed by atoms with Crippen molar-refractivity contribution in [3.63, 3.8) is 0 Å². The van der Waals surface area contributed by atoms with Crippen LogP contribution in [0, 0.1) is 0 Å². The molecule has 2 aromatic carbocycles. The largest absolute Gasteiger partial charge is 1.00 e. The van der Waals surface area contributed by atoms with Gasteiger partial charge >= 0.3 is 51.4 Å². The van der Waals surface area contributed by atoms with Crippen LogP contribution >= 0.6 is 0 Å². The van der Waals surface area contributed by atoms with Crippen molar-refractivity contribution in [1.29, 1.82) is 0 Å². The van der Waals surface area contributed by atoms with Gasteiger partial charge in [-0.3, -0.25) is 0 Å². The van der Waals surface area contributed by atoms with E-state index in [1.54, 1.807) is 24.3 Å². The van der Waals surface area contributed by atoms with E-state index < -0.39 is 10.1 Å². The molecule has 0 saturated carbocycles. The monoisotopic (exact) mass is 386 g/mol. The molecule has 130 valence electrons. The van der Waals surface area contributed by atoms with Gasteiger partial charge in [0.25, 0.3) is 0 Å². The molecule has 0 amide bonds. The Hall–Kier alpha value is -0.214. The van der Waals surface area contributed by atoms with Crippen LogP contribution in [0.1, 0.15) is 44.6 Å². The molecule has 0 unspecified atom stereocenters. The second-order valence-electron chi connectivity index (χ2n) is 5.80. The molecule has 0 aliphatic heterocycles. The maximum Gasteiger partial charge on any atom is 1.00 e. The summed E-state index contributed by atoms with van der Waals surface area (Å²) in [6, 6.07) is 13.8. The molecule has 0 radical (unpaired) electrons. The van der Waals surface area contributed by atoms with E-state index in [9.17, 15) is 13.0 Å². The molecule has 0 N–H and O–H groups in total. The van der Waals surface area contributed by atoms with Crippen LogP contribution in [0.4, 0.5) is 0 Å². The summed E-state index contributed by atoms with van der Waals surface area (Å²) >= 11 is 0. The van der Waals surface area contributed by atoms with Crippen LogP contribution in [0.15, 0.2) is 53.4 Å². The SMILES string of the molecule is CCCCCCCc1ccc(Oc2ccccc2)cc1S(=O)(=O)[O-].[K+]. The smallest absolute Gasteiger partial charge is 0.744 e. The van der Waals surface area contributed by atoms with Crippen molar-refractivity contribution in [3.05, 3.63) is 54.1 Å². The van der Waals surface area contributed by atoms with Crippen molar-refractivity contribution in [2.45, 2.75) is 50.3 Å². The Labute approximate surface area is 193 Å². The van der Waals surface area contributed by atoms with E-state index in [2.05, 4.69) is 6.92 Å². The van der Waals surface area contributed by atoms with Gasteiger partial charge in [0.15, 0.2) is 0 Å². The van der Waals surface area contributed by atoms with Gasteiger partial charge in [0, 0.05) is 0 Å². The van der Waals surface area contributed by atoms with Crippen LogP contribution in [-0.2, 0) is 16.5 Å². The molecule has 0 saturated heterocycles. The molecule has 4 nitrogen and oxygen atoms in total. The summed E-state index contributed by atoms with van der Waals surface area (Å²) in [7, 11) is -4.53. The molecule has 25 heavy (non-hydrogen) atoms. The molecule has 0 heterocycles. The van der Waals surface area contributed by atoms with Crippen molar-refractivity contribution in [3.8, 4) is 11.5 Å². The van der Waals surface area contributed by atoms with Crippen molar-refractivity contribution in [2.24, 2.45) is 0 Å². The summed E-state index contributed by atoms with van der Waals surface area (Å²) in [4.78, 5) is -0.175. The molecular weight excluding hydrogens is 363 g/mol. The molecule has 6 heteroatoms. The standard InChI is InChI=1S/C19H24O4S.K/c1-2-3-4-5-7-10-16-13-14-18(15-19(16)24(20,21)22)23-17-11-8-6-9-12-17;/h6,8-9,11-15H,2-5,7,10H2,1H3,(H,20,21,22);/q;+1/p-1. The summed E-state index contributed by atoms with van der Waals surface area (Å²) in [6.45, 7) is 2.15. The van der Waals surface area contributed by atoms with E-state index in [0.29, 0.717) is 23.5 Å². The third kappa shape index (κ3) is 7.91. The maximum absolute atomic E-state index is 11.6. The Morgan fingerprint density at radius 3 is 2.24 bits per heavy atom. The number of rotatable bonds is 9. The predicted octanol–water partition coefficient (Wildman–Crippen LogP) is 1.90. The van der Waals surface area contributed by atoms with Gasteiger partial charge in [0.1, 0.15) is 21.6 Å². The second-order valence-corrected chi connectivity index (χ2v) is 7.15. The van der Waals surface area contributed by atoms with Gasteiger partial charge < -0.3 is 9.29 Å². The van der Waals surface area contributed by atoms with E-state index in [4.69, 9.17) is 4.74 Å². The van der Waals surface area contributed by atoms with Gasteiger partial charge in [0.2, 0.25) is 0 Å². The van der Waals surface area contributed by atoms with Crippen LogP contribution in [0.2, 0.25) is 0 Å². The molecule has 0 spiro atoms. The molecular formula is C19H23KO4S. The summed E-state index contributed by atoms with van der Waals surface area (Å²) in [5, 5.41) is 0. The van der Waals surface area contributed by atoms with E-state index in [1.165, 1.54) is 12.5 Å². The first-order chi connectivity index (χ1) is 11.5. The number of benzene rings is 2. The molecule has 0 aromatic heterocycles. The van der Waals surface area contributed by atoms with Crippen molar-refractivity contribution in [2.75, 3.05) is 0 Å². The molecule has 0 aliphatic carbocycles. The predicted molar refractivity (Wildman–Crippen MR) is 93.4 cm³/mol. The normalized spacial score (nSPS) is 11.0. The minimum Gasteiger partial charge on any atom is -0.744 e. The number of hydrogen-bond acceptors (Lipinski definition) is 4. The Balaban J connectivity index is 0.00000312. The number of aryl methyl sites for hydroxylation is 1.